The highest BCUT2D eigenvalue weighted by atomic mass is 79.9. The molecule has 0 heterocycles. The molecule has 2 N–H and O–H groups in total. The Morgan fingerprint density at radius 2 is 2.31 bits per heavy atom. The van der Waals surface area contributed by atoms with Gasteiger partial charge in [-0.1, -0.05) is 22.9 Å². The molecule has 88 valence electrons. The highest BCUT2D eigenvalue weighted by Crippen LogP contribution is 2.27. The lowest BCUT2D eigenvalue weighted by molar-refractivity contribution is -0.384. The zero-order valence-electron chi connectivity index (χ0n) is 8.81. The SMILES string of the molecule is CCC(O)CNc1ccc(Br)cc1[N+](=O)[O-]. The molecule has 0 fully saturated rings. The fourth-order valence-corrected chi connectivity index (χ4v) is 1.53. The third kappa shape index (κ3) is 3.46. The highest BCUT2D eigenvalue weighted by Gasteiger charge is 2.14. The Morgan fingerprint density at radius 3 is 2.88 bits per heavy atom. The van der Waals surface area contributed by atoms with Crippen molar-refractivity contribution < 1.29 is 10.0 Å². The van der Waals surface area contributed by atoms with Crippen molar-refractivity contribution in [2.45, 2.75) is 19.4 Å². The maximum absolute atomic E-state index is 10.8. The van der Waals surface area contributed by atoms with Gasteiger partial charge in [-0.25, -0.2) is 0 Å². The molecule has 6 heteroatoms. The number of anilines is 1. The maximum Gasteiger partial charge on any atom is 0.293 e. The second kappa shape index (κ2) is 5.81. The summed E-state index contributed by atoms with van der Waals surface area (Å²) in [6.07, 6.45) is 0.111. The van der Waals surface area contributed by atoms with E-state index in [4.69, 9.17) is 0 Å². The third-order valence-electron chi connectivity index (χ3n) is 2.16. The largest absolute Gasteiger partial charge is 0.391 e. The summed E-state index contributed by atoms with van der Waals surface area (Å²) >= 11 is 3.18. The molecule has 1 aromatic carbocycles. The molecular weight excluding hydrogens is 276 g/mol. The minimum absolute atomic E-state index is 0.00215. The minimum atomic E-state index is -0.497. The van der Waals surface area contributed by atoms with Gasteiger partial charge >= 0.3 is 0 Å². The number of halogens is 1. The van der Waals surface area contributed by atoms with Gasteiger partial charge < -0.3 is 10.4 Å². The first-order valence-corrected chi connectivity index (χ1v) is 5.69. The standard InChI is InChI=1S/C10H13BrN2O3/c1-2-8(14)6-12-9-4-3-7(11)5-10(9)13(15)16/h3-5,8,12,14H,2,6H2,1H3. The first-order valence-electron chi connectivity index (χ1n) is 4.90. The summed E-state index contributed by atoms with van der Waals surface area (Å²) < 4.78 is 0.654. The Morgan fingerprint density at radius 1 is 1.62 bits per heavy atom. The van der Waals surface area contributed by atoms with E-state index in [1.165, 1.54) is 6.07 Å². The Hall–Kier alpha value is -1.14. The molecule has 5 nitrogen and oxygen atoms in total. The van der Waals surface area contributed by atoms with Crippen molar-refractivity contribution >= 4 is 27.3 Å². The Balaban J connectivity index is 2.82. The molecule has 1 rings (SSSR count). The fourth-order valence-electron chi connectivity index (χ4n) is 1.18. The van der Waals surface area contributed by atoms with Crippen LogP contribution >= 0.6 is 15.9 Å². The first kappa shape index (κ1) is 12.9. The quantitative estimate of drug-likeness (QED) is 0.645. The van der Waals surface area contributed by atoms with Crippen molar-refractivity contribution in [2.75, 3.05) is 11.9 Å². The molecule has 0 radical (unpaired) electrons. The maximum atomic E-state index is 10.8. The van der Waals surface area contributed by atoms with Crippen LogP contribution in [0.25, 0.3) is 0 Å². The molecular formula is C10H13BrN2O3. The van der Waals surface area contributed by atoms with Crippen LogP contribution in [0.4, 0.5) is 11.4 Å². The summed E-state index contributed by atoms with van der Waals surface area (Å²) in [6.45, 7) is 2.15. The van der Waals surface area contributed by atoms with E-state index in [0.29, 0.717) is 23.1 Å². The summed E-state index contributed by atoms with van der Waals surface area (Å²) in [5.41, 5.74) is 0.415. The van der Waals surface area contributed by atoms with Gasteiger partial charge in [0, 0.05) is 17.1 Å². The smallest absolute Gasteiger partial charge is 0.293 e. The average molecular weight is 289 g/mol. The van der Waals surface area contributed by atoms with Gasteiger partial charge in [-0.3, -0.25) is 10.1 Å². The molecule has 1 unspecified atom stereocenters. The van der Waals surface area contributed by atoms with Crippen LogP contribution < -0.4 is 5.32 Å². The van der Waals surface area contributed by atoms with Gasteiger partial charge in [0.05, 0.1) is 11.0 Å². The van der Waals surface area contributed by atoms with Crippen molar-refractivity contribution in [3.05, 3.63) is 32.8 Å². The van der Waals surface area contributed by atoms with Crippen LogP contribution in [0.5, 0.6) is 0 Å². The zero-order chi connectivity index (χ0) is 12.1. The van der Waals surface area contributed by atoms with Crippen LogP contribution in [0.1, 0.15) is 13.3 Å². The topological polar surface area (TPSA) is 75.4 Å². The minimum Gasteiger partial charge on any atom is -0.391 e. The van der Waals surface area contributed by atoms with Crippen LogP contribution in [0.15, 0.2) is 22.7 Å². The fraction of sp³-hybridized carbons (Fsp3) is 0.400. The highest BCUT2D eigenvalue weighted by molar-refractivity contribution is 9.10. The van der Waals surface area contributed by atoms with Gasteiger partial charge in [-0.05, 0) is 18.6 Å². The van der Waals surface area contributed by atoms with E-state index < -0.39 is 11.0 Å². The number of aliphatic hydroxyl groups is 1. The molecule has 1 atom stereocenters. The van der Waals surface area contributed by atoms with Gasteiger partial charge in [0.15, 0.2) is 0 Å². The number of nitro benzene ring substituents is 1. The summed E-state index contributed by atoms with van der Waals surface area (Å²) in [5.74, 6) is 0. The molecule has 16 heavy (non-hydrogen) atoms. The van der Waals surface area contributed by atoms with Crippen LogP contribution in [0.2, 0.25) is 0 Å². The van der Waals surface area contributed by atoms with Crippen molar-refractivity contribution in [2.24, 2.45) is 0 Å². The van der Waals surface area contributed by atoms with Crippen molar-refractivity contribution in [1.82, 2.24) is 0 Å². The van der Waals surface area contributed by atoms with Gasteiger partial charge in [-0.2, -0.15) is 0 Å². The van der Waals surface area contributed by atoms with Crippen molar-refractivity contribution in [3.8, 4) is 0 Å². The van der Waals surface area contributed by atoms with Crippen LogP contribution in [-0.2, 0) is 0 Å². The van der Waals surface area contributed by atoms with Gasteiger partial charge in [0.2, 0.25) is 0 Å². The number of nitrogens with zero attached hydrogens (tertiary/aromatic N) is 1. The summed E-state index contributed by atoms with van der Waals surface area (Å²) in [7, 11) is 0. The number of hydrogen-bond acceptors (Lipinski definition) is 4. The zero-order valence-corrected chi connectivity index (χ0v) is 10.4. The summed E-state index contributed by atoms with van der Waals surface area (Å²) in [5, 5.41) is 23.0. The number of rotatable bonds is 5. The van der Waals surface area contributed by atoms with Crippen LogP contribution in [0, 0.1) is 10.1 Å². The van der Waals surface area contributed by atoms with Crippen LogP contribution in [0.3, 0.4) is 0 Å². The Bertz CT molecular complexity index is 384. The number of hydrogen-bond donors (Lipinski definition) is 2. The summed E-state index contributed by atoms with van der Waals surface area (Å²) in [6, 6.07) is 4.76. The lowest BCUT2D eigenvalue weighted by atomic mass is 10.2. The monoisotopic (exact) mass is 288 g/mol. The first-order chi connectivity index (χ1) is 7.54. The van der Waals surface area contributed by atoms with E-state index in [1.54, 1.807) is 12.1 Å². The predicted molar refractivity (Wildman–Crippen MR) is 65.6 cm³/mol. The molecule has 0 saturated heterocycles. The number of benzene rings is 1. The summed E-state index contributed by atoms with van der Waals surface area (Å²) in [4.78, 5) is 10.3. The molecule has 0 aliphatic heterocycles. The van der Waals surface area contributed by atoms with E-state index in [2.05, 4.69) is 21.2 Å². The molecule has 0 spiro atoms. The molecule has 0 amide bonds. The van der Waals surface area contributed by atoms with Gasteiger partial charge in [-0.15, -0.1) is 0 Å². The van der Waals surface area contributed by atoms with E-state index in [-0.39, 0.29) is 5.69 Å². The van der Waals surface area contributed by atoms with E-state index in [9.17, 15) is 15.2 Å². The van der Waals surface area contributed by atoms with Gasteiger partial charge in [0.25, 0.3) is 5.69 Å². The number of nitro groups is 1. The van der Waals surface area contributed by atoms with Crippen molar-refractivity contribution in [1.29, 1.82) is 0 Å². The number of nitrogens with one attached hydrogen (secondary N) is 1. The van der Waals surface area contributed by atoms with E-state index >= 15 is 0 Å². The lowest BCUT2D eigenvalue weighted by Gasteiger charge is -2.10. The average Bonchev–Trinajstić information content (AvgIpc) is 2.26. The Labute approximate surface area is 102 Å². The molecule has 0 aliphatic carbocycles. The second-order valence-electron chi connectivity index (χ2n) is 3.36. The predicted octanol–water partition coefficient (Wildman–Crippen LogP) is 2.54. The van der Waals surface area contributed by atoms with Crippen LogP contribution in [-0.4, -0.2) is 22.7 Å². The Kier molecular flexibility index (Phi) is 4.70. The second-order valence-corrected chi connectivity index (χ2v) is 4.28. The number of aliphatic hydroxyl groups excluding tert-OH is 1. The van der Waals surface area contributed by atoms with Crippen molar-refractivity contribution in [3.63, 3.8) is 0 Å². The normalized spacial score (nSPS) is 12.2. The molecule has 1 aromatic rings. The van der Waals surface area contributed by atoms with Gasteiger partial charge in [0.1, 0.15) is 5.69 Å². The molecule has 0 bridgehead atoms. The van der Waals surface area contributed by atoms with E-state index in [0.717, 1.165) is 0 Å². The van der Waals surface area contributed by atoms with E-state index in [1.807, 2.05) is 6.92 Å². The molecule has 0 aliphatic rings. The lowest BCUT2D eigenvalue weighted by Crippen LogP contribution is -2.18. The molecule has 0 aromatic heterocycles. The third-order valence-corrected chi connectivity index (χ3v) is 2.65. The molecule has 0 saturated carbocycles.